The molecule has 7 heteroatoms. The van der Waals surface area contributed by atoms with E-state index in [-0.39, 0.29) is 5.57 Å². The van der Waals surface area contributed by atoms with Crippen LogP contribution in [0.2, 0.25) is 0 Å². The summed E-state index contributed by atoms with van der Waals surface area (Å²) >= 11 is 0. The Hall–Kier alpha value is -3.84. The predicted molar refractivity (Wildman–Crippen MR) is 102 cm³/mol. The number of anilines is 2. The highest BCUT2D eigenvalue weighted by Crippen LogP contribution is 2.16. The third kappa shape index (κ3) is 4.42. The van der Waals surface area contributed by atoms with Crippen molar-refractivity contribution in [1.29, 1.82) is 10.5 Å². The minimum Gasteiger partial charge on any atom is -0.373 e. The lowest BCUT2D eigenvalue weighted by atomic mass is 10.2. The molecule has 2 aromatic rings. The Morgan fingerprint density at radius 1 is 1.07 bits per heavy atom. The van der Waals surface area contributed by atoms with Crippen LogP contribution in [0.4, 0.5) is 11.5 Å². The van der Waals surface area contributed by atoms with Crippen molar-refractivity contribution >= 4 is 17.4 Å². The number of rotatable bonds is 4. The van der Waals surface area contributed by atoms with E-state index in [9.17, 15) is 10.1 Å². The summed E-state index contributed by atoms with van der Waals surface area (Å²) in [4.78, 5) is 20.9. The molecule has 0 saturated carbocycles. The molecule has 134 valence electrons. The second-order valence-corrected chi connectivity index (χ2v) is 5.98. The van der Waals surface area contributed by atoms with Gasteiger partial charge < -0.3 is 15.1 Å². The predicted octanol–water partition coefficient (Wildman–Crippen LogP) is 2.12. The van der Waals surface area contributed by atoms with Crippen LogP contribution in [0.3, 0.4) is 0 Å². The molecule has 1 aliphatic heterocycles. The molecule has 0 unspecified atom stereocenters. The van der Waals surface area contributed by atoms with Crippen LogP contribution in [0.1, 0.15) is 5.56 Å². The number of nitriles is 2. The first-order valence-corrected chi connectivity index (χ1v) is 8.53. The van der Waals surface area contributed by atoms with E-state index in [1.807, 2.05) is 35.2 Å². The van der Waals surface area contributed by atoms with Gasteiger partial charge in [-0.15, -0.1) is 0 Å². The summed E-state index contributed by atoms with van der Waals surface area (Å²) in [5, 5.41) is 21.1. The number of pyridine rings is 1. The molecule has 0 bridgehead atoms. The van der Waals surface area contributed by atoms with Crippen LogP contribution < -0.4 is 10.2 Å². The standard InChI is InChI=1S/C20H18N6O/c21-13-16-5-1-2-6-18(16)24-20(27)17(14-22)15-25-9-11-26(12-10-25)19-7-3-4-8-23-19/h1-8,15H,9-12H2,(H,24,27)/b17-15-. The highest BCUT2D eigenvalue weighted by molar-refractivity contribution is 6.07. The number of carbonyl (C=O) groups is 1. The van der Waals surface area contributed by atoms with Crippen LogP contribution in [0.25, 0.3) is 0 Å². The first-order chi connectivity index (χ1) is 13.2. The first-order valence-electron chi connectivity index (χ1n) is 8.53. The smallest absolute Gasteiger partial charge is 0.267 e. The third-order valence-electron chi connectivity index (χ3n) is 4.26. The molecule has 1 aliphatic rings. The van der Waals surface area contributed by atoms with Gasteiger partial charge in [0.15, 0.2) is 0 Å². The highest BCUT2D eigenvalue weighted by atomic mass is 16.1. The monoisotopic (exact) mass is 358 g/mol. The van der Waals surface area contributed by atoms with Crippen LogP contribution in [0.5, 0.6) is 0 Å². The van der Waals surface area contributed by atoms with E-state index in [1.54, 1.807) is 36.7 Å². The summed E-state index contributed by atoms with van der Waals surface area (Å²) in [6.45, 7) is 2.88. The molecule has 1 N–H and O–H groups in total. The molecule has 1 aromatic carbocycles. The van der Waals surface area contributed by atoms with E-state index in [0.29, 0.717) is 24.3 Å². The first kappa shape index (κ1) is 18.0. The topological polar surface area (TPSA) is 96.1 Å². The Morgan fingerprint density at radius 2 is 1.81 bits per heavy atom. The molecule has 0 spiro atoms. The maximum atomic E-state index is 12.4. The van der Waals surface area contributed by atoms with Crippen molar-refractivity contribution in [1.82, 2.24) is 9.88 Å². The molecule has 1 aromatic heterocycles. The van der Waals surface area contributed by atoms with Gasteiger partial charge >= 0.3 is 0 Å². The SMILES string of the molecule is N#C/C(=C/N1CCN(c2ccccn2)CC1)C(=O)Nc1ccccc1C#N. The molecule has 1 saturated heterocycles. The molecule has 3 rings (SSSR count). The zero-order valence-corrected chi connectivity index (χ0v) is 14.7. The number of hydrogen-bond donors (Lipinski definition) is 1. The summed E-state index contributed by atoms with van der Waals surface area (Å²) < 4.78 is 0. The minimum absolute atomic E-state index is 0.00836. The number of carbonyl (C=O) groups excluding carboxylic acids is 1. The van der Waals surface area contributed by atoms with Gasteiger partial charge in [-0.2, -0.15) is 10.5 Å². The van der Waals surface area contributed by atoms with E-state index < -0.39 is 5.91 Å². The Bertz CT molecular complexity index is 917. The van der Waals surface area contributed by atoms with Gasteiger partial charge in [0.05, 0.1) is 11.3 Å². The van der Waals surface area contributed by atoms with E-state index in [2.05, 4.69) is 15.2 Å². The normalized spacial score (nSPS) is 14.2. The second-order valence-electron chi connectivity index (χ2n) is 5.98. The lowest BCUT2D eigenvalue weighted by Crippen LogP contribution is -2.44. The fraction of sp³-hybridized carbons (Fsp3) is 0.200. The Balaban J connectivity index is 1.64. The molecular weight excluding hydrogens is 340 g/mol. The summed E-state index contributed by atoms with van der Waals surface area (Å²) in [7, 11) is 0. The fourth-order valence-corrected chi connectivity index (χ4v) is 2.82. The fourth-order valence-electron chi connectivity index (χ4n) is 2.82. The molecule has 0 atom stereocenters. The molecular formula is C20H18N6O. The van der Waals surface area contributed by atoms with Gasteiger partial charge in [-0.05, 0) is 24.3 Å². The van der Waals surface area contributed by atoms with Crippen LogP contribution in [0.15, 0.2) is 60.4 Å². The van der Waals surface area contributed by atoms with Gasteiger partial charge in [-0.3, -0.25) is 4.79 Å². The molecule has 1 amide bonds. The number of piperazine rings is 1. The lowest BCUT2D eigenvalue weighted by Gasteiger charge is -2.34. The third-order valence-corrected chi connectivity index (χ3v) is 4.26. The van der Waals surface area contributed by atoms with Crippen molar-refractivity contribution in [2.24, 2.45) is 0 Å². The molecule has 7 nitrogen and oxygen atoms in total. The lowest BCUT2D eigenvalue weighted by molar-refractivity contribution is -0.112. The summed E-state index contributed by atoms with van der Waals surface area (Å²) in [5.41, 5.74) is 0.757. The van der Waals surface area contributed by atoms with Gasteiger partial charge in [0.25, 0.3) is 5.91 Å². The molecule has 2 heterocycles. The van der Waals surface area contributed by atoms with Gasteiger partial charge in [0, 0.05) is 38.6 Å². The van der Waals surface area contributed by atoms with Gasteiger partial charge in [-0.25, -0.2) is 4.98 Å². The maximum Gasteiger partial charge on any atom is 0.267 e. The number of nitrogens with one attached hydrogen (secondary N) is 1. The van der Waals surface area contributed by atoms with Crippen molar-refractivity contribution in [3.63, 3.8) is 0 Å². The van der Waals surface area contributed by atoms with Crippen LogP contribution in [-0.2, 0) is 4.79 Å². The largest absolute Gasteiger partial charge is 0.373 e. The highest BCUT2D eigenvalue weighted by Gasteiger charge is 2.18. The van der Waals surface area contributed by atoms with E-state index >= 15 is 0 Å². The average molecular weight is 358 g/mol. The van der Waals surface area contributed by atoms with Gasteiger partial charge in [0.1, 0.15) is 23.5 Å². The molecule has 0 aliphatic carbocycles. The van der Waals surface area contributed by atoms with Crippen molar-refractivity contribution < 1.29 is 4.79 Å². The van der Waals surface area contributed by atoms with Crippen molar-refractivity contribution in [2.75, 3.05) is 36.4 Å². The number of amides is 1. The second kappa shape index (κ2) is 8.50. The Labute approximate surface area is 157 Å². The number of aromatic nitrogens is 1. The van der Waals surface area contributed by atoms with Crippen LogP contribution in [0, 0.1) is 22.7 Å². The minimum atomic E-state index is -0.521. The summed E-state index contributed by atoms with van der Waals surface area (Å²) in [6.07, 6.45) is 3.35. The van der Waals surface area contributed by atoms with E-state index in [1.165, 1.54) is 0 Å². The van der Waals surface area contributed by atoms with Crippen LogP contribution in [-0.4, -0.2) is 42.0 Å². The number of para-hydroxylation sites is 1. The zero-order chi connectivity index (χ0) is 19.1. The van der Waals surface area contributed by atoms with Crippen molar-refractivity contribution in [3.05, 3.63) is 66.0 Å². The Morgan fingerprint density at radius 3 is 2.48 bits per heavy atom. The Kier molecular flexibility index (Phi) is 5.66. The number of hydrogen-bond acceptors (Lipinski definition) is 6. The number of benzene rings is 1. The molecule has 0 radical (unpaired) electrons. The molecule has 1 fully saturated rings. The van der Waals surface area contributed by atoms with Gasteiger partial charge in [-0.1, -0.05) is 18.2 Å². The maximum absolute atomic E-state index is 12.4. The average Bonchev–Trinajstić information content (AvgIpc) is 2.73. The van der Waals surface area contributed by atoms with E-state index in [4.69, 9.17) is 5.26 Å². The quantitative estimate of drug-likeness (QED) is 0.664. The summed E-state index contributed by atoms with van der Waals surface area (Å²) in [6, 6.07) is 16.5. The van der Waals surface area contributed by atoms with Gasteiger partial charge in [0.2, 0.25) is 0 Å². The molecule has 27 heavy (non-hydrogen) atoms. The van der Waals surface area contributed by atoms with Crippen LogP contribution >= 0.6 is 0 Å². The summed E-state index contributed by atoms with van der Waals surface area (Å²) in [5.74, 6) is 0.403. The van der Waals surface area contributed by atoms with Crippen molar-refractivity contribution in [3.8, 4) is 12.1 Å². The number of nitrogens with zero attached hydrogens (tertiary/aromatic N) is 5. The zero-order valence-electron chi connectivity index (χ0n) is 14.7. The van der Waals surface area contributed by atoms with Crippen molar-refractivity contribution in [2.45, 2.75) is 0 Å². The van der Waals surface area contributed by atoms with E-state index in [0.717, 1.165) is 18.9 Å².